The normalized spacial score (nSPS) is 10.4. The van der Waals surface area contributed by atoms with Crippen LogP contribution in [0.15, 0.2) is 30.6 Å². The summed E-state index contributed by atoms with van der Waals surface area (Å²) in [4.78, 5) is 4.07. The molecule has 3 nitrogen and oxygen atoms in total. The van der Waals surface area contributed by atoms with Crippen LogP contribution in [0.2, 0.25) is 0 Å². The van der Waals surface area contributed by atoms with Crippen molar-refractivity contribution in [1.82, 2.24) is 4.98 Å². The highest BCUT2D eigenvalue weighted by atomic mass is 127. The predicted molar refractivity (Wildman–Crippen MR) is 79.8 cm³/mol. The second-order valence-electron chi connectivity index (χ2n) is 4.01. The number of nitrogens with zero attached hydrogens (tertiary/aromatic N) is 1. The number of aryl methyl sites for hydroxylation is 1. The van der Waals surface area contributed by atoms with Crippen molar-refractivity contribution in [3.05, 3.63) is 51.1 Å². The van der Waals surface area contributed by atoms with E-state index in [4.69, 9.17) is 5.73 Å². The maximum atomic E-state index is 13.4. The minimum absolute atomic E-state index is 0.268. The van der Waals surface area contributed by atoms with Gasteiger partial charge in [0.25, 0.3) is 0 Å². The molecular formula is C13H13FIN3. The van der Waals surface area contributed by atoms with Crippen LogP contribution in [0.3, 0.4) is 0 Å². The van der Waals surface area contributed by atoms with Crippen molar-refractivity contribution in [2.75, 3.05) is 11.1 Å². The molecule has 18 heavy (non-hydrogen) atoms. The zero-order valence-electron chi connectivity index (χ0n) is 9.87. The zero-order chi connectivity index (χ0) is 13.1. The summed E-state index contributed by atoms with van der Waals surface area (Å²) in [5.74, 6) is -0.268. The van der Waals surface area contributed by atoms with Gasteiger partial charge in [0.1, 0.15) is 5.82 Å². The van der Waals surface area contributed by atoms with Gasteiger partial charge in [0.15, 0.2) is 0 Å². The maximum absolute atomic E-state index is 13.4. The molecule has 5 heteroatoms. The van der Waals surface area contributed by atoms with Crippen LogP contribution in [-0.2, 0) is 6.54 Å². The first-order chi connectivity index (χ1) is 8.58. The summed E-state index contributed by atoms with van der Waals surface area (Å²) in [7, 11) is 0. The Balaban J connectivity index is 2.16. The summed E-state index contributed by atoms with van der Waals surface area (Å²) in [6.45, 7) is 2.58. The molecule has 94 valence electrons. The molecule has 0 saturated carbocycles. The van der Waals surface area contributed by atoms with Gasteiger partial charge in [-0.2, -0.15) is 0 Å². The van der Waals surface area contributed by atoms with Crippen LogP contribution in [0.5, 0.6) is 0 Å². The number of nitrogens with two attached hydrogens (primary N) is 1. The third-order valence-corrected chi connectivity index (χ3v) is 3.54. The molecule has 0 spiro atoms. The average molecular weight is 357 g/mol. The number of aromatic nitrogens is 1. The van der Waals surface area contributed by atoms with Gasteiger partial charge < -0.3 is 11.1 Å². The van der Waals surface area contributed by atoms with Crippen molar-refractivity contribution < 1.29 is 4.39 Å². The fraction of sp³-hybridized carbons (Fsp3) is 0.154. The van der Waals surface area contributed by atoms with Crippen molar-refractivity contribution in [2.24, 2.45) is 0 Å². The number of pyridine rings is 1. The zero-order valence-corrected chi connectivity index (χ0v) is 12.0. The molecule has 3 N–H and O–H groups in total. The van der Waals surface area contributed by atoms with Gasteiger partial charge in [-0.25, -0.2) is 4.39 Å². The van der Waals surface area contributed by atoms with Crippen molar-refractivity contribution in [1.29, 1.82) is 0 Å². The number of hydrogen-bond donors (Lipinski definition) is 2. The number of hydrogen-bond acceptors (Lipinski definition) is 3. The number of nitrogen functional groups attached to an aromatic ring is 1. The molecule has 2 rings (SSSR count). The molecule has 0 saturated heterocycles. The van der Waals surface area contributed by atoms with Crippen LogP contribution >= 0.6 is 22.6 Å². The van der Waals surface area contributed by atoms with Gasteiger partial charge in [-0.1, -0.05) is 0 Å². The summed E-state index contributed by atoms with van der Waals surface area (Å²) in [5.41, 5.74) is 9.20. The van der Waals surface area contributed by atoms with Crippen LogP contribution < -0.4 is 11.1 Å². The second-order valence-corrected chi connectivity index (χ2v) is 5.17. The van der Waals surface area contributed by atoms with E-state index in [2.05, 4.69) is 10.3 Å². The van der Waals surface area contributed by atoms with E-state index in [1.165, 1.54) is 6.07 Å². The molecule has 0 fully saturated rings. The fourth-order valence-corrected chi connectivity index (χ4v) is 2.08. The molecular weight excluding hydrogens is 344 g/mol. The minimum Gasteiger partial charge on any atom is -0.397 e. The van der Waals surface area contributed by atoms with Gasteiger partial charge in [-0.3, -0.25) is 4.98 Å². The van der Waals surface area contributed by atoms with E-state index in [9.17, 15) is 4.39 Å². The molecule has 0 atom stereocenters. The van der Waals surface area contributed by atoms with Gasteiger partial charge in [0.05, 0.1) is 14.9 Å². The number of halogens is 2. The van der Waals surface area contributed by atoms with Gasteiger partial charge in [-0.15, -0.1) is 0 Å². The van der Waals surface area contributed by atoms with Crippen molar-refractivity contribution >= 4 is 34.0 Å². The summed E-state index contributed by atoms with van der Waals surface area (Å²) in [6, 6.07) is 4.98. The molecule has 0 radical (unpaired) electrons. The molecule has 0 aliphatic heterocycles. The smallest absolute Gasteiger partial charge is 0.138 e. The Morgan fingerprint density at radius 2 is 2.22 bits per heavy atom. The van der Waals surface area contributed by atoms with Crippen LogP contribution in [-0.4, -0.2) is 4.98 Å². The largest absolute Gasteiger partial charge is 0.397 e. The third kappa shape index (κ3) is 2.90. The second kappa shape index (κ2) is 5.51. The number of anilines is 2. The van der Waals surface area contributed by atoms with E-state index >= 15 is 0 Å². The lowest BCUT2D eigenvalue weighted by molar-refractivity contribution is 0.621. The van der Waals surface area contributed by atoms with E-state index in [0.717, 1.165) is 11.1 Å². The molecule has 0 amide bonds. The molecule has 1 heterocycles. The van der Waals surface area contributed by atoms with Gasteiger partial charge >= 0.3 is 0 Å². The monoisotopic (exact) mass is 357 g/mol. The third-order valence-electron chi connectivity index (χ3n) is 2.71. The molecule has 1 aromatic carbocycles. The molecule has 0 aliphatic carbocycles. The van der Waals surface area contributed by atoms with Crippen LogP contribution in [0.1, 0.15) is 11.1 Å². The molecule has 0 aliphatic rings. The topological polar surface area (TPSA) is 50.9 Å². The molecule has 1 aromatic heterocycles. The summed E-state index contributed by atoms with van der Waals surface area (Å²) >= 11 is 1.92. The number of benzene rings is 1. The van der Waals surface area contributed by atoms with Crippen LogP contribution in [0.25, 0.3) is 0 Å². The summed E-state index contributed by atoms with van der Waals surface area (Å²) in [6.07, 6.45) is 3.54. The Bertz CT molecular complexity index is 572. The van der Waals surface area contributed by atoms with Gasteiger partial charge in [0, 0.05) is 25.0 Å². The Labute approximate surface area is 119 Å². The maximum Gasteiger partial charge on any atom is 0.138 e. The van der Waals surface area contributed by atoms with E-state index in [1.54, 1.807) is 18.5 Å². The Morgan fingerprint density at radius 3 is 2.94 bits per heavy atom. The van der Waals surface area contributed by atoms with Crippen molar-refractivity contribution in [3.63, 3.8) is 0 Å². The highest BCUT2D eigenvalue weighted by Gasteiger charge is 2.06. The number of nitrogens with one attached hydrogen (secondary N) is 1. The quantitative estimate of drug-likeness (QED) is 0.655. The molecule has 0 unspecified atom stereocenters. The average Bonchev–Trinajstić information content (AvgIpc) is 2.34. The predicted octanol–water partition coefficient (Wildman–Crippen LogP) is 3.33. The minimum atomic E-state index is -0.268. The Morgan fingerprint density at radius 1 is 1.44 bits per heavy atom. The SMILES string of the molecule is Cc1ccncc1CNc1cc(F)c(I)cc1N. The Kier molecular flexibility index (Phi) is 4.00. The van der Waals surface area contributed by atoms with E-state index < -0.39 is 0 Å². The Hall–Kier alpha value is -1.37. The first kappa shape index (κ1) is 13.1. The van der Waals surface area contributed by atoms with E-state index in [-0.39, 0.29) is 5.82 Å². The van der Waals surface area contributed by atoms with E-state index in [0.29, 0.717) is 21.5 Å². The molecule has 0 bridgehead atoms. The highest BCUT2D eigenvalue weighted by molar-refractivity contribution is 14.1. The summed E-state index contributed by atoms with van der Waals surface area (Å²) in [5, 5.41) is 3.13. The lowest BCUT2D eigenvalue weighted by Gasteiger charge is -2.11. The number of rotatable bonds is 3. The highest BCUT2D eigenvalue weighted by Crippen LogP contribution is 2.24. The first-order valence-electron chi connectivity index (χ1n) is 5.46. The van der Waals surface area contributed by atoms with Gasteiger partial charge in [0.2, 0.25) is 0 Å². The summed E-state index contributed by atoms with van der Waals surface area (Å²) < 4.78 is 14.0. The van der Waals surface area contributed by atoms with Crippen molar-refractivity contribution in [2.45, 2.75) is 13.5 Å². The van der Waals surface area contributed by atoms with E-state index in [1.807, 2.05) is 35.6 Å². The standard InChI is InChI=1S/C13H13FIN3/c1-8-2-3-17-6-9(8)7-18-13-4-10(14)11(15)5-12(13)16/h2-6,18H,7,16H2,1H3. The van der Waals surface area contributed by atoms with Crippen LogP contribution in [0.4, 0.5) is 15.8 Å². The van der Waals surface area contributed by atoms with Crippen molar-refractivity contribution in [3.8, 4) is 0 Å². The molecule has 2 aromatic rings. The lowest BCUT2D eigenvalue weighted by Crippen LogP contribution is -2.05. The van der Waals surface area contributed by atoms with Gasteiger partial charge in [-0.05, 0) is 52.8 Å². The van der Waals surface area contributed by atoms with Crippen LogP contribution in [0, 0.1) is 16.3 Å². The lowest BCUT2D eigenvalue weighted by atomic mass is 10.1. The fourth-order valence-electron chi connectivity index (χ4n) is 1.59. The first-order valence-corrected chi connectivity index (χ1v) is 6.53.